The lowest BCUT2D eigenvalue weighted by Gasteiger charge is -2.64. The molecule has 254 valence electrons. The number of aliphatic hydroxyl groups is 4. The molecule has 2 spiro atoms. The van der Waals surface area contributed by atoms with Crippen molar-refractivity contribution in [3.63, 3.8) is 0 Å². The summed E-state index contributed by atoms with van der Waals surface area (Å²) in [7, 11) is 0. The summed E-state index contributed by atoms with van der Waals surface area (Å²) >= 11 is 0. The van der Waals surface area contributed by atoms with Crippen molar-refractivity contribution in [1.82, 2.24) is 0 Å². The van der Waals surface area contributed by atoms with Gasteiger partial charge in [0.15, 0.2) is 12.4 Å². The number of cyclic esters (lactones) is 1. The fraction of sp³-hybridized carbons (Fsp3) is 0.781. The molecule has 14 atom stereocenters. The van der Waals surface area contributed by atoms with Crippen LogP contribution in [0.4, 0.5) is 0 Å². The summed E-state index contributed by atoms with van der Waals surface area (Å²) in [6.45, 7) is 6.73. The summed E-state index contributed by atoms with van der Waals surface area (Å²) < 4.78 is 36.1. The molecule has 5 N–H and O–H groups in total. The molecule has 6 aliphatic rings. The number of carbonyl (C=O) groups excluding carboxylic acids is 2. The van der Waals surface area contributed by atoms with Crippen LogP contribution in [0.5, 0.6) is 0 Å². The van der Waals surface area contributed by atoms with Crippen LogP contribution in [0.3, 0.4) is 0 Å². The van der Waals surface area contributed by atoms with Crippen LogP contribution in [0.15, 0.2) is 23.0 Å². The second-order valence-corrected chi connectivity index (χ2v) is 14.9. The first kappa shape index (κ1) is 32.1. The van der Waals surface area contributed by atoms with E-state index in [0.29, 0.717) is 12.0 Å². The molecule has 1 aromatic rings. The monoisotopic (exact) mass is 650 g/mol. The van der Waals surface area contributed by atoms with Crippen LogP contribution in [-0.2, 0) is 38.1 Å². The topological polar surface area (TPSA) is 215 Å². The zero-order valence-electron chi connectivity index (χ0n) is 26.2. The molecule has 4 aliphatic heterocycles. The van der Waals surface area contributed by atoms with E-state index in [9.17, 15) is 39.9 Å². The molecule has 0 aromatic carbocycles. The number of carbonyl (C=O) groups is 3. The van der Waals surface area contributed by atoms with Crippen molar-refractivity contribution in [2.75, 3.05) is 13.2 Å². The molecule has 6 fully saturated rings. The number of furan rings is 1. The third-order valence-electron chi connectivity index (χ3n) is 12.6. The van der Waals surface area contributed by atoms with Gasteiger partial charge in [-0.2, -0.15) is 0 Å². The summed E-state index contributed by atoms with van der Waals surface area (Å²) in [5.41, 5.74) is -5.40. The summed E-state index contributed by atoms with van der Waals surface area (Å²) in [6.07, 6.45) is -7.39. The van der Waals surface area contributed by atoms with E-state index < -0.39 is 95.0 Å². The number of epoxide rings is 1. The number of ether oxygens (including phenoxy) is 5. The second-order valence-electron chi connectivity index (χ2n) is 14.9. The average Bonchev–Trinajstić information content (AvgIpc) is 3.48. The van der Waals surface area contributed by atoms with Gasteiger partial charge in [-0.1, -0.05) is 6.92 Å². The minimum absolute atomic E-state index is 0.0199. The lowest BCUT2D eigenvalue weighted by Crippen LogP contribution is -2.72. The van der Waals surface area contributed by atoms with Gasteiger partial charge in [0, 0.05) is 28.7 Å². The second kappa shape index (κ2) is 10.3. The van der Waals surface area contributed by atoms with Crippen LogP contribution in [0.1, 0.15) is 65.0 Å². The van der Waals surface area contributed by atoms with Crippen molar-refractivity contribution in [1.29, 1.82) is 0 Å². The normalized spacial score (nSPS) is 49.9. The molecule has 0 bridgehead atoms. The van der Waals surface area contributed by atoms with Gasteiger partial charge in [0.1, 0.15) is 42.4 Å². The molecule has 4 saturated heterocycles. The molecule has 0 amide bonds. The van der Waals surface area contributed by atoms with E-state index in [1.165, 1.54) is 12.5 Å². The van der Waals surface area contributed by atoms with Crippen LogP contribution >= 0.6 is 0 Å². The summed E-state index contributed by atoms with van der Waals surface area (Å²) in [5.74, 6) is -2.60. The molecule has 1 aromatic heterocycles. The number of esters is 1. The first-order valence-electron chi connectivity index (χ1n) is 15.9. The maximum absolute atomic E-state index is 14.7. The van der Waals surface area contributed by atoms with Gasteiger partial charge in [-0.3, -0.25) is 9.59 Å². The molecular formula is C32H42O14. The number of rotatable bonds is 6. The fourth-order valence-electron chi connectivity index (χ4n) is 10.5. The zero-order chi connectivity index (χ0) is 33.2. The van der Waals surface area contributed by atoms with Crippen molar-refractivity contribution >= 4 is 17.7 Å². The van der Waals surface area contributed by atoms with E-state index in [4.69, 9.17) is 28.1 Å². The number of ketones is 1. The van der Waals surface area contributed by atoms with Crippen molar-refractivity contribution in [3.05, 3.63) is 24.2 Å². The number of aliphatic carboxylic acids is 1. The van der Waals surface area contributed by atoms with Crippen molar-refractivity contribution in [2.24, 2.45) is 28.1 Å². The number of aliphatic hydroxyl groups excluding tert-OH is 4. The maximum Gasteiger partial charge on any atom is 0.335 e. The Bertz CT molecular complexity index is 1410. The highest BCUT2D eigenvalue weighted by atomic mass is 16.7. The van der Waals surface area contributed by atoms with Crippen LogP contribution < -0.4 is 0 Å². The lowest BCUT2D eigenvalue weighted by molar-refractivity contribution is -0.328. The average molecular weight is 651 g/mol. The third kappa shape index (κ3) is 3.89. The summed E-state index contributed by atoms with van der Waals surface area (Å²) in [5, 5.41) is 52.1. The van der Waals surface area contributed by atoms with Crippen LogP contribution in [0, 0.1) is 28.1 Å². The number of hydrogen-bond donors (Lipinski definition) is 5. The maximum atomic E-state index is 14.7. The Kier molecular flexibility index (Phi) is 7.19. The molecule has 0 radical (unpaired) electrons. The Morgan fingerprint density at radius 3 is 2.41 bits per heavy atom. The van der Waals surface area contributed by atoms with Gasteiger partial charge in [0.25, 0.3) is 0 Å². The van der Waals surface area contributed by atoms with Gasteiger partial charge >= 0.3 is 11.9 Å². The highest BCUT2D eigenvalue weighted by molar-refractivity contribution is 5.92. The Labute approximate surface area is 264 Å². The highest BCUT2D eigenvalue weighted by Gasteiger charge is 2.88. The number of carboxylic acid groups (broad SMARTS) is 1. The SMILES string of the molecule is CC1(C)OC2CC(=O)OCC23C1CC(=O)C1(C)C3CCC(C)(C(OC2OC(CO)C(O)C(O)C2O)c2ccoc2)C12OC2C(=O)O. The minimum Gasteiger partial charge on any atom is -0.479 e. The van der Waals surface area contributed by atoms with Crippen molar-refractivity contribution < 1.29 is 68.0 Å². The fourth-order valence-corrected chi connectivity index (χ4v) is 10.5. The Balaban J connectivity index is 1.35. The van der Waals surface area contributed by atoms with Gasteiger partial charge in [-0.25, -0.2) is 4.79 Å². The first-order valence-corrected chi connectivity index (χ1v) is 15.9. The number of hydrogen-bond acceptors (Lipinski definition) is 13. The molecule has 2 saturated carbocycles. The number of Topliss-reactive ketones (excluding diaryl/α,β-unsaturated/α-hetero) is 1. The molecule has 2 aliphatic carbocycles. The predicted octanol–water partition coefficient (Wildman–Crippen LogP) is 0.482. The molecule has 46 heavy (non-hydrogen) atoms. The van der Waals surface area contributed by atoms with Gasteiger partial charge < -0.3 is 53.6 Å². The molecule has 5 heterocycles. The molecule has 14 heteroatoms. The van der Waals surface area contributed by atoms with Crippen molar-refractivity contribution in [2.45, 2.75) is 114 Å². The Morgan fingerprint density at radius 1 is 1.04 bits per heavy atom. The summed E-state index contributed by atoms with van der Waals surface area (Å²) in [4.78, 5) is 40.1. The van der Waals surface area contributed by atoms with E-state index in [2.05, 4.69) is 0 Å². The quantitative estimate of drug-likeness (QED) is 0.209. The van der Waals surface area contributed by atoms with E-state index in [0.717, 1.165) is 0 Å². The predicted molar refractivity (Wildman–Crippen MR) is 151 cm³/mol. The largest absolute Gasteiger partial charge is 0.479 e. The van der Waals surface area contributed by atoms with Gasteiger partial charge in [0.05, 0.1) is 48.8 Å². The summed E-state index contributed by atoms with van der Waals surface area (Å²) in [6, 6.07) is 1.61. The van der Waals surface area contributed by atoms with Crippen molar-refractivity contribution in [3.8, 4) is 0 Å². The van der Waals surface area contributed by atoms with Gasteiger partial charge in [-0.05, 0) is 45.6 Å². The van der Waals surface area contributed by atoms with Gasteiger partial charge in [0.2, 0.25) is 0 Å². The zero-order valence-corrected chi connectivity index (χ0v) is 26.2. The Hall–Kier alpha value is -2.43. The van der Waals surface area contributed by atoms with Crippen LogP contribution in [0.25, 0.3) is 0 Å². The molecule has 14 unspecified atom stereocenters. The first-order chi connectivity index (χ1) is 21.6. The van der Waals surface area contributed by atoms with E-state index >= 15 is 0 Å². The standard InChI is InChI=1S/C32H42O14/c1-28(2)17-9-18(34)30(4)16(31(17)13-42-20(35)10-19(31)45-28)5-7-29(3,32(30)25(46-32)26(39)40)24(14-6-8-41-12-14)44-27-23(38)22(37)21(36)15(11-33)43-27/h6,8,12,15-17,19,21-25,27,33,36-38H,5,7,9-11,13H2,1-4H3,(H,39,40). The van der Waals surface area contributed by atoms with Gasteiger partial charge in [-0.15, -0.1) is 0 Å². The van der Waals surface area contributed by atoms with E-state index in [-0.39, 0.29) is 43.5 Å². The number of carboxylic acids is 1. The third-order valence-corrected chi connectivity index (χ3v) is 12.6. The smallest absolute Gasteiger partial charge is 0.335 e. The minimum atomic E-state index is -1.74. The van der Waals surface area contributed by atoms with E-state index in [1.807, 2.05) is 13.8 Å². The van der Waals surface area contributed by atoms with Crippen LogP contribution in [-0.4, -0.2) is 111 Å². The highest BCUT2D eigenvalue weighted by Crippen LogP contribution is 2.78. The van der Waals surface area contributed by atoms with Crippen LogP contribution in [0.2, 0.25) is 0 Å². The number of fused-ring (bicyclic) bond motifs is 2. The Morgan fingerprint density at radius 2 is 1.78 bits per heavy atom. The molecule has 7 rings (SSSR count). The lowest BCUT2D eigenvalue weighted by atomic mass is 9.37. The van der Waals surface area contributed by atoms with E-state index in [1.54, 1.807) is 19.9 Å². The molecule has 14 nitrogen and oxygen atoms in total. The molecular weight excluding hydrogens is 608 g/mol.